The van der Waals surface area contributed by atoms with Gasteiger partial charge in [0.2, 0.25) is 0 Å². The Morgan fingerprint density at radius 1 is 0.781 bits per heavy atom. The van der Waals surface area contributed by atoms with Crippen LogP contribution in [0, 0.1) is 0 Å². The molecule has 0 N–H and O–H groups in total. The fraction of sp³-hybridized carbons (Fsp3) is 0.167. The summed E-state index contributed by atoms with van der Waals surface area (Å²) < 4.78 is 26.9. The molecule has 0 saturated carbocycles. The van der Waals surface area contributed by atoms with Crippen LogP contribution in [-0.4, -0.2) is 26.2 Å². The molecule has 0 aliphatic carbocycles. The van der Waals surface area contributed by atoms with E-state index in [4.69, 9.17) is 35.3 Å². The van der Waals surface area contributed by atoms with E-state index in [-0.39, 0.29) is 40.9 Å². The predicted molar refractivity (Wildman–Crippen MR) is 116 cm³/mol. The fourth-order valence-corrected chi connectivity index (χ4v) is 3.49. The van der Waals surface area contributed by atoms with Crippen LogP contribution in [0.1, 0.15) is 31.8 Å². The van der Waals surface area contributed by atoms with Crippen LogP contribution < -0.4 is 18.9 Å². The van der Waals surface area contributed by atoms with Gasteiger partial charge in [-0.2, -0.15) is 0 Å². The lowest BCUT2D eigenvalue weighted by molar-refractivity contribution is 0.0443. The second kappa shape index (κ2) is 9.20. The Bertz CT molecular complexity index is 1150. The second-order valence-electron chi connectivity index (χ2n) is 6.89. The average Bonchev–Trinajstić information content (AvgIpc) is 3.11. The van der Waals surface area contributed by atoms with Crippen LogP contribution in [0.15, 0.2) is 54.6 Å². The van der Waals surface area contributed by atoms with Crippen LogP contribution in [0.2, 0.25) is 5.02 Å². The number of halogens is 1. The second-order valence-corrected chi connectivity index (χ2v) is 7.27. The first kappa shape index (κ1) is 21.5. The molecule has 0 fully saturated rings. The van der Waals surface area contributed by atoms with Gasteiger partial charge in [-0.25, -0.2) is 9.59 Å². The zero-order valence-corrected chi connectivity index (χ0v) is 18.1. The van der Waals surface area contributed by atoms with Gasteiger partial charge in [-0.05, 0) is 41.5 Å². The molecular weight excluding hydrogens is 436 g/mol. The lowest BCUT2D eigenvalue weighted by Gasteiger charge is -2.16. The molecule has 7 nitrogen and oxygen atoms in total. The maximum Gasteiger partial charge on any atom is 0.348 e. The van der Waals surface area contributed by atoms with Gasteiger partial charge in [-0.3, -0.25) is 0 Å². The monoisotopic (exact) mass is 454 g/mol. The number of cyclic esters (lactones) is 2. The van der Waals surface area contributed by atoms with E-state index in [9.17, 15) is 9.59 Å². The van der Waals surface area contributed by atoms with Gasteiger partial charge >= 0.3 is 11.9 Å². The van der Waals surface area contributed by atoms with Gasteiger partial charge in [0, 0.05) is 0 Å². The predicted octanol–water partition coefficient (Wildman–Crippen LogP) is 4.83. The van der Waals surface area contributed by atoms with Crippen LogP contribution in [0.4, 0.5) is 0 Å². The summed E-state index contributed by atoms with van der Waals surface area (Å²) in [5.41, 5.74) is 1.73. The number of benzene rings is 3. The van der Waals surface area contributed by atoms with Gasteiger partial charge in [-0.15, -0.1) is 0 Å². The smallest absolute Gasteiger partial charge is 0.348 e. The Labute approximate surface area is 189 Å². The summed E-state index contributed by atoms with van der Waals surface area (Å²) in [4.78, 5) is 24.1. The van der Waals surface area contributed by atoms with Gasteiger partial charge in [0.1, 0.15) is 29.7 Å². The standard InChI is InChI=1S/C24H19ClO7/c1-28-16-7-3-14(4-8-16)12-30-19-11-18-20(24(27)32-23(18)26)21(25)22(19)31-13-15-5-9-17(29-2)10-6-15/h3-11H,12-13H2,1-2H3. The normalized spacial score (nSPS) is 12.2. The highest BCUT2D eigenvalue weighted by Crippen LogP contribution is 2.43. The Balaban J connectivity index is 1.62. The van der Waals surface area contributed by atoms with Crippen molar-refractivity contribution in [2.24, 2.45) is 0 Å². The van der Waals surface area contributed by atoms with Crippen LogP contribution in [0.5, 0.6) is 23.0 Å². The molecule has 32 heavy (non-hydrogen) atoms. The molecule has 164 valence electrons. The molecule has 0 spiro atoms. The maximum absolute atomic E-state index is 12.1. The van der Waals surface area contributed by atoms with Crippen molar-refractivity contribution in [3.8, 4) is 23.0 Å². The number of hydrogen-bond acceptors (Lipinski definition) is 7. The Morgan fingerprint density at radius 3 is 1.84 bits per heavy atom. The Kier molecular flexibility index (Phi) is 6.18. The molecule has 4 rings (SSSR count). The molecule has 0 aromatic heterocycles. The molecule has 0 unspecified atom stereocenters. The summed E-state index contributed by atoms with van der Waals surface area (Å²) >= 11 is 6.46. The molecule has 0 radical (unpaired) electrons. The highest BCUT2D eigenvalue weighted by Gasteiger charge is 2.36. The molecule has 0 saturated heterocycles. The van der Waals surface area contributed by atoms with Crippen LogP contribution in [0.25, 0.3) is 0 Å². The van der Waals surface area contributed by atoms with Gasteiger partial charge in [-0.1, -0.05) is 35.9 Å². The summed E-state index contributed by atoms with van der Waals surface area (Å²) in [6.07, 6.45) is 0. The number of hydrogen-bond donors (Lipinski definition) is 0. The van der Waals surface area contributed by atoms with Crippen molar-refractivity contribution in [1.82, 2.24) is 0 Å². The van der Waals surface area contributed by atoms with E-state index in [0.717, 1.165) is 16.9 Å². The van der Waals surface area contributed by atoms with E-state index < -0.39 is 11.9 Å². The van der Waals surface area contributed by atoms with Crippen molar-refractivity contribution >= 4 is 23.5 Å². The number of fused-ring (bicyclic) bond motifs is 1. The molecule has 0 bridgehead atoms. The molecule has 3 aromatic carbocycles. The number of carbonyl (C=O) groups excluding carboxylic acids is 2. The lowest BCUT2D eigenvalue weighted by Crippen LogP contribution is -2.05. The largest absolute Gasteiger partial charge is 0.497 e. The molecule has 1 aliphatic heterocycles. The first-order valence-electron chi connectivity index (χ1n) is 9.64. The molecule has 3 aromatic rings. The summed E-state index contributed by atoms with van der Waals surface area (Å²) in [6.45, 7) is 0.339. The summed E-state index contributed by atoms with van der Waals surface area (Å²) in [7, 11) is 3.17. The van der Waals surface area contributed by atoms with Crippen molar-refractivity contribution in [3.05, 3.63) is 81.9 Å². The fourth-order valence-electron chi connectivity index (χ4n) is 3.16. The highest BCUT2D eigenvalue weighted by molar-refractivity contribution is 6.37. The molecule has 8 heteroatoms. The van der Waals surface area contributed by atoms with Gasteiger partial charge in [0.25, 0.3) is 0 Å². The third-order valence-corrected chi connectivity index (χ3v) is 5.25. The van der Waals surface area contributed by atoms with Crippen molar-refractivity contribution in [1.29, 1.82) is 0 Å². The third kappa shape index (κ3) is 4.33. The molecule has 0 amide bonds. The highest BCUT2D eigenvalue weighted by atomic mass is 35.5. The number of ether oxygens (including phenoxy) is 5. The summed E-state index contributed by atoms with van der Waals surface area (Å²) in [6, 6.07) is 16.0. The van der Waals surface area contributed by atoms with Crippen molar-refractivity contribution < 1.29 is 33.3 Å². The zero-order valence-electron chi connectivity index (χ0n) is 17.3. The van der Waals surface area contributed by atoms with Crippen LogP contribution >= 0.6 is 11.6 Å². The van der Waals surface area contributed by atoms with E-state index >= 15 is 0 Å². The van der Waals surface area contributed by atoms with Gasteiger partial charge < -0.3 is 23.7 Å². The Morgan fingerprint density at radius 2 is 1.31 bits per heavy atom. The lowest BCUT2D eigenvalue weighted by atomic mass is 10.1. The first-order chi connectivity index (χ1) is 15.5. The quantitative estimate of drug-likeness (QED) is 0.356. The van der Waals surface area contributed by atoms with E-state index in [0.29, 0.717) is 5.75 Å². The minimum Gasteiger partial charge on any atom is -0.497 e. The first-order valence-corrected chi connectivity index (χ1v) is 10.0. The summed E-state index contributed by atoms with van der Waals surface area (Å²) in [5.74, 6) is 0.230. The third-order valence-electron chi connectivity index (χ3n) is 4.89. The van der Waals surface area contributed by atoms with Crippen molar-refractivity contribution in [3.63, 3.8) is 0 Å². The van der Waals surface area contributed by atoms with E-state index in [1.54, 1.807) is 26.4 Å². The van der Waals surface area contributed by atoms with Gasteiger partial charge in [0.15, 0.2) is 11.5 Å². The van der Waals surface area contributed by atoms with E-state index in [1.165, 1.54) is 6.07 Å². The molecular formula is C24H19ClO7. The number of rotatable bonds is 8. The van der Waals surface area contributed by atoms with E-state index in [2.05, 4.69) is 0 Å². The SMILES string of the molecule is COc1ccc(COc2cc3c(c(Cl)c2OCc2ccc(OC)cc2)C(=O)OC3=O)cc1. The summed E-state index contributed by atoms with van der Waals surface area (Å²) in [5, 5.41) is -0.0309. The maximum atomic E-state index is 12.1. The van der Waals surface area contributed by atoms with Gasteiger partial charge in [0.05, 0.1) is 25.3 Å². The average molecular weight is 455 g/mol. The number of esters is 2. The van der Waals surface area contributed by atoms with Crippen molar-refractivity contribution in [2.45, 2.75) is 13.2 Å². The minimum absolute atomic E-state index is 0.0294. The zero-order chi connectivity index (χ0) is 22.7. The van der Waals surface area contributed by atoms with Crippen LogP contribution in [0.3, 0.4) is 0 Å². The molecule has 0 atom stereocenters. The number of methoxy groups -OCH3 is 2. The molecule has 1 aliphatic rings. The number of carbonyl (C=O) groups is 2. The topological polar surface area (TPSA) is 80.3 Å². The molecule has 1 heterocycles. The minimum atomic E-state index is -0.814. The van der Waals surface area contributed by atoms with Crippen molar-refractivity contribution in [2.75, 3.05) is 14.2 Å². The van der Waals surface area contributed by atoms with E-state index in [1.807, 2.05) is 36.4 Å². The Hall–Kier alpha value is -3.71. The van der Waals surface area contributed by atoms with Crippen LogP contribution in [-0.2, 0) is 18.0 Å².